The quantitative estimate of drug-likeness (QED) is 0.772. The van der Waals surface area contributed by atoms with Crippen LogP contribution in [0.2, 0.25) is 5.02 Å². The average Bonchev–Trinajstić information content (AvgIpc) is 2.73. The van der Waals surface area contributed by atoms with Crippen LogP contribution in [-0.4, -0.2) is 24.6 Å². The normalized spacial score (nSPS) is 17.9. The lowest BCUT2D eigenvalue weighted by Gasteiger charge is -2.09. The predicted molar refractivity (Wildman–Crippen MR) is 60.8 cm³/mol. The Kier molecular flexibility index (Phi) is 3.44. The summed E-state index contributed by atoms with van der Waals surface area (Å²) < 4.78 is 9.81. The first kappa shape index (κ1) is 11.7. The summed E-state index contributed by atoms with van der Waals surface area (Å²) in [4.78, 5) is 22.3. The molecule has 17 heavy (non-hydrogen) atoms. The molecule has 0 saturated heterocycles. The van der Waals surface area contributed by atoms with Gasteiger partial charge in [-0.2, -0.15) is 0 Å². The Balaban J connectivity index is 1.87. The van der Waals surface area contributed by atoms with Crippen LogP contribution < -0.4 is 0 Å². The molecule has 0 aliphatic carbocycles. The van der Waals surface area contributed by atoms with Crippen molar-refractivity contribution in [3.63, 3.8) is 0 Å². The fourth-order valence-electron chi connectivity index (χ4n) is 1.33. The Morgan fingerprint density at radius 1 is 1.35 bits per heavy atom. The van der Waals surface area contributed by atoms with E-state index in [1.165, 1.54) is 6.08 Å². The van der Waals surface area contributed by atoms with Crippen molar-refractivity contribution < 1.29 is 19.1 Å². The number of esters is 2. The van der Waals surface area contributed by atoms with Crippen LogP contribution in [0, 0.1) is 0 Å². The molecule has 0 radical (unpaired) electrons. The van der Waals surface area contributed by atoms with Crippen molar-refractivity contribution in [2.75, 3.05) is 6.61 Å². The number of carbonyl (C=O) groups is 2. The van der Waals surface area contributed by atoms with Gasteiger partial charge < -0.3 is 9.47 Å². The van der Waals surface area contributed by atoms with Gasteiger partial charge in [0.15, 0.2) is 6.10 Å². The second-order valence-electron chi connectivity index (χ2n) is 3.44. The molecule has 1 atom stereocenters. The molecule has 4 nitrogen and oxygen atoms in total. The minimum atomic E-state index is -0.487. The van der Waals surface area contributed by atoms with Gasteiger partial charge in [-0.25, -0.2) is 9.59 Å². The third-order valence-electron chi connectivity index (χ3n) is 2.17. The molecule has 1 aromatic carbocycles. The number of benzene rings is 1. The second-order valence-corrected chi connectivity index (χ2v) is 3.88. The molecule has 1 aliphatic rings. The van der Waals surface area contributed by atoms with E-state index >= 15 is 0 Å². The smallest absolute Gasteiger partial charge is 0.338 e. The molecule has 0 aromatic heterocycles. The third-order valence-corrected chi connectivity index (χ3v) is 2.43. The first-order chi connectivity index (χ1) is 8.15. The van der Waals surface area contributed by atoms with Crippen LogP contribution in [-0.2, 0) is 14.3 Å². The molecule has 0 saturated carbocycles. The van der Waals surface area contributed by atoms with Crippen LogP contribution in [0.1, 0.15) is 10.4 Å². The Labute approximate surface area is 103 Å². The monoisotopic (exact) mass is 252 g/mol. The van der Waals surface area contributed by atoms with Crippen LogP contribution >= 0.6 is 11.6 Å². The van der Waals surface area contributed by atoms with Crippen molar-refractivity contribution in [2.45, 2.75) is 6.10 Å². The van der Waals surface area contributed by atoms with Crippen LogP contribution in [0.15, 0.2) is 36.4 Å². The van der Waals surface area contributed by atoms with Crippen molar-refractivity contribution in [3.8, 4) is 0 Å². The van der Waals surface area contributed by atoms with E-state index in [1.54, 1.807) is 30.3 Å². The SMILES string of the molecule is O=C1C=C[C@@H](COC(=O)c2ccc(Cl)cc2)O1. The largest absolute Gasteiger partial charge is 0.458 e. The van der Waals surface area contributed by atoms with Crippen molar-refractivity contribution in [2.24, 2.45) is 0 Å². The third kappa shape index (κ3) is 3.07. The van der Waals surface area contributed by atoms with Gasteiger partial charge in [0, 0.05) is 11.1 Å². The minimum Gasteiger partial charge on any atom is -0.458 e. The molecule has 2 rings (SSSR count). The van der Waals surface area contributed by atoms with Gasteiger partial charge in [0.25, 0.3) is 0 Å². The average molecular weight is 253 g/mol. The highest BCUT2D eigenvalue weighted by Crippen LogP contribution is 2.11. The number of halogens is 1. The van der Waals surface area contributed by atoms with Gasteiger partial charge in [0.2, 0.25) is 0 Å². The fourth-order valence-corrected chi connectivity index (χ4v) is 1.46. The molecule has 1 aromatic rings. The van der Waals surface area contributed by atoms with Gasteiger partial charge in [-0.05, 0) is 30.3 Å². The predicted octanol–water partition coefficient (Wildman–Crippen LogP) is 1.98. The number of hydrogen-bond donors (Lipinski definition) is 0. The second kappa shape index (κ2) is 5.01. The summed E-state index contributed by atoms with van der Waals surface area (Å²) >= 11 is 5.69. The van der Waals surface area contributed by atoms with E-state index < -0.39 is 18.0 Å². The lowest BCUT2D eigenvalue weighted by Crippen LogP contribution is -2.18. The Morgan fingerprint density at radius 2 is 2.06 bits per heavy atom. The standard InChI is InChI=1S/C12H9ClO4/c13-9-3-1-8(2-4-9)12(15)16-7-10-5-6-11(14)17-10/h1-6,10H,7H2/t10-/m0/s1. The molecule has 0 bridgehead atoms. The van der Waals surface area contributed by atoms with Crippen LogP contribution in [0.25, 0.3) is 0 Å². The summed E-state index contributed by atoms with van der Waals surface area (Å²) in [5, 5.41) is 0.550. The number of hydrogen-bond acceptors (Lipinski definition) is 4. The summed E-state index contributed by atoms with van der Waals surface area (Å²) in [6, 6.07) is 6.35. The van der Waals surface area contributed by atoms with Crippen LogP contribution in [0.3, 0.4) is 0 Å². The molecule has 1 aliphatic heterocycles. The highest BCUT2D eigenvalue weighted by molar-refractivity contribution is 6.30. The molecule has 0 unspecified atom stereocenters. The molecule has 0 amide bonds. The molecule has 0 N–H and O–H groups in total. The highest BCUT2D eigenvalue weighted by Gasteiger charge is 2.18. The number of rotatable bonds is 3. The van der Waals surface area contributed by atoms with Crippen molar-refractivity contribution in [3.05, 3.63) is 47.0 Å². The van der Waals surface area contributed by atoms with Crippen molar-refractivity contribution in [1.29, 1.82) is 0 Å². The summed E-state index contributed by atoms with van der Waals surface area (Å²) in [7, 11) is 0. The summed E-state index contributed by atoms with van der Waals surface area (Å²) in [5.41, 5.74) is 0.405. The lowest BCUT2D eigenvalue weighted by molar-refractivity contribution is -0.140. The van der Waals surface area contributed by atoms with E-state index in [-0.39, 0.29) is 6.61 Å². The van der Waals surface area contributed by atoms with E-state index in [9.17, 15) is 9.59 Å². The topological polar surface area (TPSA) is 52.6 Å². The van der Waals surface area contributed by atoms with Gasteiger partial charge in [-0.15, -0.1) is 0 Å². The Hall–Kier alpha value is -1.81. The van der Waals surface area contributed by atoms with Crippen LogP contribution in [0.4, 0.5) is 0 Å². The number of carbonyl (C=O) groups excluding carboxylic acids is 2. The Bertz CT molecular complexity index is 464. The summed E-state index contributed by atoms with van der Waals surface area (Å²) in [6.45, 7) is 0.0176. The van der Waals surface area contributed by atoms with E-state index in [0.717, 1.165) is 0 Å². The summed E-state index contributed by atoms with van der Waals surface area (Å²) in [6.07, 6.45) is 2.37. The van der Waals surface area contributed by atoms with Gasteiger partial charge in [0.05, 0.1) is 5.56 Å². The first-order valence-electron chi connectivity index (χ1n) is 4.96. The van der Waals surface area contributed by atoms with E-state index in [4.69, 9.17) is 21.1 Å². The molecular formula is C12H9ClO4. The lowest BCUT2D eigenvalue weighted by atomic mass is 10.2. The van der Waals surface area contributed by atoms with Crippen molar-refractivity contribution >= 4 is 23.5 Å². The first-order valence-corrected chi connectivity index (χ1v) is 5.34. The Morgan fingerprint density at radius 3 is 2.65 bits per heavy atom. The van der Waals surface area contributed by atoms with Gasteiger partial charge in [-0.1, -0.05) is 11.6 Å². The van der Waals surface area contributed by atoms with Gasteiger partial charge in [0.1, 0.15) is 6.61 Å². The van der Waals surface area contributed by atoms with Crippen molar-refractivity contribution in [1.82, 2.24) is 0 Å². The van der Waals surface area contributed by atoms with Crippen LogP contribution in [0.5, 0.6) is 0 Å². The molecule has 1 heterocycles. The fraction of sp³-hybridized carbons (Fsp3) is 0.167. The highest BCUT2D eigenvalue weighted by atomic mass is 35.5. The molecular weight excluding hydrogens is 244 g/mol. The molecule has 0 spiro atoms. The molecule has 88 valence electrons. The van der Waals surface area contributed by atoms with Gasteiger partial charge >= 0.3 is 11.9 Å². The zero-order chi connectivity index (χ0) is 12.3. The molecule has 0 fully saturated rings. The van der Waals surface area contributed by atoms with Gasteiger partial charge in [-0.3, -0.25) is 0 Å². The summed E-state index contributed by atoms with van der Waals surface area (Å²) in [5.74, 6) is -0.893. The minimum absolute atomic E-state index is 0.0176. The zero-order valence-corrected chi connectivity index (χ0v) is 9.52. The maximum absolute atomic E-state index is 11.6. The van der Waals surface area contributed by atoms with E-state index in [1.807, 2.05) is 0 Å². The zero-order valence-electron chi connectivity index (χ0n) is 8.76. The maximum Gasteiger partial charge on any atom is 0.338 e. The maximum atomic E-state index is 11.6. The number of cyclic esters (lactones) is 1. The van der Waals surface area contributed by atoms with E-state index in [0.29, 0.717) is 10.6 Å². The molecule has 5 heteroatoms. The number of ether oxygens (including phenoxy) is 2. The van der Waals surface area contributed by atoms with E-state index in [2.05, 4.69) is 0 Å².